The molecular weight excluding hydrogens is 318 g/mol. The molecule has 2 aliphatic carbocycles. The molecule has 0 fully saturated rings. The minimum Gasteiger partial charge on any atom is -0.500 e. The highest BCUT2D eigenvalue weighted by atomic mass is 16.5. The van der Waals surface area contributed by atoms with Crippen LogP contribution in [0.1, 0.15) is 20.3 Å². The molecule has 0 aromatic rings. The number of esters is 1. The van der Waals surface area contributed by atoms with Gasteiger partial charge in [-0.3, -0.25) is 9.79 Å². The second-order valence-electron chi connectivity index (χ2n) is 6.50. The van der Waals surface area contributed by atoms with Crippen LogP contribution >= 0.6 is 0 Å². The van der Waals surface area contributed by atoms with Crippen LogP contribution in [0.3, 0.4) is 0 Å². The number of rotatable bonds is 3. The van der Waals surface area contributed by atoms with Crippen LogP contribution in [0.25, 0.3) is 0 Å². The second-order valence-corrected chi connectivity index (χ2v) is 6.50. The fourth-order valence-corrected chi connectivity index (χ4v) is 3.90. The van der Waals surface area contributed by atoms with Crippen molar-refractivity contribution in [1.29, 1.82) is 0 Å². The van der Waals surface area contributed by atoms with Gasteiger partial charge in [-0.2, -0.15) is 0 Å². The maximum absolute atomic E-state index is 12.0. The van der Waals surface area contributed by atoms with E-state index in [2.05, 4.69) is 18.8 Å². The van der Waals surface area contributed by atoms with Gasteiger partial charge in [-0.25, -0.2) is 4.79 Å². The lowest BCUT2D eigenvalue weighted by molar-refractivity contribution is -0.136. The number of hydrogen-bond donors (Lipinski definition) is 0. The van der Waals surface area contributed by atoms with Gasteiger partial charge in [-0.05, 0) is 36.6 Å². The van der Waals surface area contributed by atoms with Crippen LogP contribution in [0.5, 0.6) is 0 Å². The summed E-state index contributed by atoms with van der Waals surface area (Å²) in [4.78, 5) is 28.7. The summed E-state index contributed by atoms with van der Waals surface area (Å²) >= 11 is 0. The zero-order valence-electron chi connectivity index (χ0n) is 14.8. The first-order valence-corrected chi connectivity index (χ1v) is 8.31. The standard InChI is InChI=1S/C20H21NO4/c1-11-16-7-5-6-14(19(24-3)12(2)20(23)25-4)18(11)15-10-13(22)8-9-17(15)21-16/h8-11,14,16,18H,6H2,1-4H3/b19-12-. The summed E-state index contributed by atoms with van der Waals surface area (Å²) < 4.78 is 10.5. The van der Waals surface area contributed by atoms with Crippen molar-refractivity contribution in [2.75, 3.05) is 14.2 Å². The van der Waals surface area contributed by atoms with Crippen molar-refractivity contribution in [3.63, 3.8) is 0 Å². The van der Waals surface area contributed by atoms with Crippen molar-refractivity contribution in [3.8, 4) is 11.8 Å². The van der Waals surface area contributed by atoms with E-state index in [1.807, 2.05) is 0 Å². The van der Waals surface area contributed by atoms with Gasteiger partial charge in [0.25, 0.3) is 0 Å². The summed E-state index contributed by atoms with van der Waals surface area (Å²) in [6, 6.07) is -0.114. The monoisotopic (exact) mass is 339 g/mol. The quantitative estimate of drug-likeness (QED) is 0.260. The lowest BCUT2D eigenvalue weighted by Crippen LogP contribution is -2.38. The Bertz CT molecular complexity index is 803. The molecule has 5 heteroatoms. The first-order chi connectivity index (χ1) is 12.0. The Balaban J connectivity index is 2.13. The largest absolute Gasteiger partial charge is 0.500 e. The minimum absolute atomic E-state index is 0.0107. The molecule has 4 unspecified atom stereocenters. The highest BCUT2D eigenvalue weighted by molar-refractivity contribution is 6.20. The molecule has 1 heterocycles. The van der Waals surface area contributed by atoms with Gasteiger partial charge in [0.15, 0.2) is 5.78 Å². The second kappa shape index (κ2) is 6.72. The first-order valence-electron chi connectivity index (χ1n) is 8.31. The normalized spacial score (nSPS) is 30.6. The molecule has 0 saturated carbocycles. The van der Waals surface area contributed by atoms with E-state index in [-0.39, 0.29) is 29.6 Å². The van der Waals surface area contributed by atoms with Gasteiger partial charge in [0.05, 0.1) is 25.5 Å². The summed E-state index contributed by atoms with van der Waals surface area (Å²) in [5.74, 6) is 6.49. The lowest BCUT2D eigenvalue weighted by Gasteiger charge is -2.38. The number of allylic oxidation sites excluding steroid dienone is 5. The van der Waals surface area contributed by atoms with E-state index < -0.39 is 5.97 Å². The number of methoxy groups -OCH3 is 2. The lowest BCUT2D eigenvalue weighted by atomic mass is 9.69. The molecular formula is C20H21NO4. The Morgan fingerprint density at radius 1 is 1.28 bits per heavy atom. The number of ether oxygens (including phenoxy) is 2. The molecule has 4 atom stereocenters. The van der Waals surface area contributed by atoms with Crippen molar-refractivity contribution in [2.45, 2.75) is 26.3 Å². The van der Waals surface area contributed by atoms with Crippen molar-refractivity contribution in [2.24, 2.45) is 22.7 Å². The van der Waals surface area contributed by atoms with Crippen LogP contribution < -0.4 is 0 Å². The van der Waals surface area contributed by atoms with E-state index in [1.165, 1.54) is 13.2 Å². The van der Waals surface area contributed by atoms with Gasteiger partial charge >= 0.3 is 5.97 Å². The highest BCUT2D eigenvalue weighted by Gasteiger charge is 2.43. The molecule has 0 aromatic carbocycles. The first kappa shape index (κ1) is 17.2. The number of carbonyl (C=O) groups is 2. The number of ketones is 1. The van der Waals surface area contributed by atoms with Gasteiger partial charge in [0, 0.05) is 18.3 Å². The molecule has 1 aliphatic heterocycles. The number of hydrogen-bond acceptors (Lipinski definition) is 5. The van der Waals surface area contributed by atoms with E-state index in [0.29, 0.717) is 17.8 Å². The molecule has 2 bridgehead atoms. The Morgan fingerprint density at radius 2 is 2.04 bits per heavy atom. The predicted molar refractivity (Wildman–Crippen MR) is 93.7 cm³/mol. The molecule has 3 rings (SSSR count). The van der Waals surface area contributed by atoms with E-state index in [9.17, 15) is 9.59 Å². The Morgan fingerprint density at radius 3 is 2.72 bits per heavy atom. The number of nitrogens with zero attached hydrogens (tertiary/aromatic N) is 1. The number of aliphatic imine (C=N–C) groups is 1. The zero-order chi connectivity index (χ0) is 18.1. The number of fused-ring (bicyclic) bond motifs is 4. The molecule has 0 aromatic heterocycles. The Labute approximate surface area is 147 Å². The van der Waals surface area contributed by atoms with E-state index >= 15 is 0 Å². The Kier molecular flexibility index (Phi) is 4.63. The van der Waals surface area contributed by atoms with E-state index in [1.54, 1.807) is 26.2 Å². The van der Waals surface area contributed by atoms with E-state index in [0.717, 1.165) is 11.3 Å². The molecule has 130 valence electrons. The van der Waals surface area contributed by atoms with Crippen LogP contribution in [-0.4, -0.2) is 37.7 Å². The van der Waals surface area contributed by atoms with Crippen molar-refractivity contribution in [1.82, 2.24) is 0 Å². The fraction of sp³-hybridized carbons (Fsp3) is 0.450. The Hall–Kier alpha value is -2.61. The molecule has 25 heavy (non-hydrogen) atoms. The maximum Gasteiger partial charge on any atom is 0.336 e. The van der Waals surface area contributed by atoms with Gasteiger partial charge in [0.1, 0.15) is 11.8 Å². The minimum atomic E-state index is -0.420. The topological polar surface area (TPSA) is 65.0 Å². The molecule has 5 nitrogen and oxygen atoms in total. The maximum atomic E-state index is 12.0. The van der Waals surface area contributed by atoms with Crippen LogP contribution in [-0.2, 0) is 19.1 Å². The van der Waals surface area contributed by atoms with Gasteiger partial charge in [-0.1, -0.05) is 12.8 Å². The van der Waals surface area contributed by atoms with Crippen LogP contribution in [0, 0.1) is 29.6 Å². The fourth-order valence-electron chi connectivity index (χ4n) is 3.90. The zero-order valence-corrected chi connectivity index (χ0v) is 14.8. The smallest absolute Gasteiger partial charge is 0.336 e. The molecule has 3 aliphatic rings. The van der Waals surface area contributed by atoms with Gasteiger partial charge < -0.3 is 9.47 Å². The SMILES string of the molecule is COC(=O)/C(C)=C(\OC)C1CC#CC2N=C3C=CC(=O)C=C3C1C2C. The molecule has 0 radical (unpaired) electrons. The highest BCUT2D eigenvalue weighted by Crippen LogP contribution is 2.44. The average Bonchev–Trinajstić information content (AvgIpc) is 2.70. The summed E-state index contributed by atoms with van der Waals surface area (Å²) in [7, 11) is 2.91. The molecule has 0 N–H and O–H groups in total. The predicted octanol–water partition coefficient (Wildman–Crippen LogP) is 2.24. The summed E-state index contributed by atoms with van der Waals surface area (Å²) in [5.41, 5.74) is 2.14. The molecule has 0 amide bonds. The van der Waals surface area contributed by atoms with Crippen LogP contribution in [0.15, 0.2) is 40.1 Å². The van der Waals surface area contributed by atoms with Crippen LogP contribution in [0.2, 0.25) is 0 Å². The number of carbonyl (C=O) groups excluding carboxylic acids is 2. The summed E-state index contributed by atoms with van der Waals surface area (Å²) in [5, 5.41) is 0. The summed E-state index contributed by atoms with van der Waals surface area (Å²) in [6.45, 7) is 3.79. The third kappa shape index (κ3) is 2.93. The van der Waals surface area contributed by atoms with Crippen LogP contribution in [0.4, 0.5) is 0 Å². The summed E-state index contributed by atoms with van der Waals surface area (Å²) in [6.07, 6.45) is 5.48. The van der Waals surface area contributed by atoms with Crippen molar-refractivity contribution in [3.05, 3.63) is 35.1 Å². The van der Waals surface area contributed by atoms with Crippen molar-refractivity contribution >= 4 is 17.5 Å². The molecule has 0 spiro atoms. The molecule has 0 saturated heterocycles. The average molecular weight is 339 g/mol. The van der Waals surface area contributed by atoms with Crippen molar-refractivity contribution < 1.29 is 19.1 Å². The van der Waals surface area contributed by atoms with Gasteiger partial charge in [0.2, 0.25) is 0 Å². The van der Waals surface area contributed by atoms with Gasteiger partial charge in [-0.15, -0.1) is 5.92 Å². The van der Waals surface area contributed by atoms with E-state index in [4.69, 9.17) is 14.5 Å². The third-order valence-electron chi connectivity index (χ3n) is 5.12. The third-order valence-corrected chi connectivity index (χ3v) is 5.12.